The Hall–Kier alpha value is -2.45. The Morgan fingerprint density at radius 2 is 2.00 bits per heavy atom. The Labute approximate surface area is 176 Å². The van der Waals surface area contributed by atoms with Crippen molar-refractivity contribution >= 4 is 38.1 Å². The SMILES string of the molecule is CN(CCO)S(=O)(=O)c1ccc(/C(=N\OCCCO)C(=O)Nc2ncc(F)s2)cc1. The quantitative estimate of drug-likeness (QED) is 0.254. The summed E-state index contributed by atoms with van der Waals surface area (Å²) < 4.78 is 39.0. The van der Waals surface area contributed by atoms with E-state index in [1.165, 1.54) is 31.3 Å². The van der Waals surface area contributed by atoms with Gasteiger partial charge in [0.15, 0.2) is 16.0 Å². The number of nitrogens with one attached hydrogen (secondary N) is 1. The Kier molecular flexibility index (Phi) is 8.80. The van der Waals surface area contributed by atoms with E-state index in [4.69, 9.17) is 15.1 Å². The van der Waals surface area contributed by atoms with Crippen molar-refractivity contribution in [2.24, 2.45) is 5.16 Å². The number of hydrogen-bond acceptors (Lipinski definition) is 9. The van der Waals surface area contributed by atoms with Crippen LogP contribution in [0.25, 0.3) is 0 Å². The fourth-order valence-corrected chi connectivity index (χ4v) is 3.86. The Bertz CT molecular complexity index is 978. The van der Waals surface area contributed by atoms with Crippen LogP contribution in [-0.2, 0) is 19.7 Å². The van der Waals surface area contributed by atoms with E-state index in [-0.39, 0.29) is 47.7 Å². The van der Waals surface area contributed by atoms with Crippen molar-refractivity contribution in [1.82, 2.24) is 9.29 Å². The maximum atomic E-state index is 13.1. The van der Waals surface area contributed by atoms with Crippen molar-refractivity contribution in [3.63, 3.8) is 0 Å². The van der Waals surface area contributed by atoms with Crippen LogP contribution in [0.4, 0.5) is 9.52 Å². The van der Waals surface area contributed by atoms with Crippen molar-refractivity contribution in [2.45, 2.75) is 11.3 Å². The molecule has 0 atom stereocenters. The summed E-state index contributed by atoms with van der Waals surface area (Å²) >= 11 is 0.630. The molecule has 0 aliphatic rings. The van der Waals surface area contributed by atoms with Gasteiger partial charge in [0, 0.05) is 32.2 Å². The van der Waals surface area contributed by atoms with Gasteiger partial charge in [-0.05, 0) is 12.1 Å². The zero-order valence-corrected chi connectivity index (χ0v) is 17.6. The molecule has 0 spiro atoms. The second-order valence-corrected chi connectivity index (χ2v) is 8.87. The molecule has 13 heteroatoms. The molecule has 0 saturated carbocycles. The molecule has 2 rings (SSSR count). The molecule has 2 aromatic rings. The van der Waals surface area contributed by atoms with Crippen molar-refractivity contribution < 1.29 is 32.7 Å². The van der Waals surface area contributed by atoms with Crippen LogP contribution < -0.4 is 5.32 Å². The van der Waals surface area contributed by atoms with Gasteiger partial charge >= 0.3 is 0 Å². The number of carbonyl (C=O) groups excluding carboxylic acids is 1. The van der Waals surface area contributed by atoms with E-state index in [1.54, 1.807) is 0 Å². The highest BCUT2D eigenvalue weighted by atomic mass is 32.2. The molecule has 0 saturated heterocycles. The topological polar surface area (TPSA) is 141 Å². The second-order valence-electron chi connectivity index (χ2n) is 5.85. The number of rotatable bonds is 11. The molecule has 3 N–H and O–H groups in total. The van der Waals surface area contributed by atoms with Gasteiger partial charge in [-0.1, -0.05) is 28.6 Å². The van der Waals surface area contributed by atoms with Crippen LogP contribution in [0, 0.1) is 5.13 Å². The molecule has 0 radical (unpaired) electrons. The highest BCUT2D eigenvalue weighted by Gasteiger charge is 2.22. The fraction of sp³-hybridized carbons (Fsp3) is 0.353. The number of anilines is 1. The number of benzene rings is 1. The Morgan fingerprint density at radius 3 is 2.57 bits per heavy atom. The molecule has 1 amide bonds. The number of carbonyl (C=O) groups is 1. The first-order valence-electron chi connectivity index (χ1n) is 8.70. The zero-order chi connectivity index (χ0) is 22.1. The lowest BCUT2D eigenvalue weighted by atomic mass is 10.1. The molecule has 0 fully saturated rings. The molecule has 164 valence electrons. The van der Waals surface area contributed by atoms with Gasteiger partial charge in [-0.25, -0.2) is 13.4 Å². The van der Waals surface area contributed by atoms with Gasteiger partial charge in [0.05, 0.1) is 17.7 Å². The summed E-state index contributed by atoms with van der Waals surface area (Å²) in [6.07, 6.45) is 1.25. The van der Waals surface area contributed by atoms with E-state index in [0.29, 0.717) is 17.8 Å². The van der Waals surface area contributed by atoms with Gasteiger partial charge < -0.3 is 15.1 Å². The molecule has 0 aliphatic carbocycles. The van der Waals surface area contributed by atoms with Crippen LogP contribution in [0.15, 0.2) is 40.5 Å². The molecule has 1 aromatic carbocycles. The third kappa shape index (κ3) is 6.27. The monoisotopic (exact) mass is 460 g/mol. The number of hydrogen-bond donors (Lipinski definition) is 3. The summed E-state index contributed by atoms with van der Waals surface area (Å²) in [6, 6.07) is 5.32. The lowest BCUT2D eigenvalue weighted by Crippen LogP contribution is -2.29. The van der Waals surface area contributed by atoms with Crippen LogP contribution in [-0.4, -0.2) is 73.0 Å². The first-order chi connectivity index (χ1) is 14.3. The van der Waals surface area contributed by atoms with E-state index >= 15 is 0 Å². The summed E-state index contributed by atoms with van der Waals surface area (Å²) in [6.45, 7) is -0.462. The first-order valence-corrected chi connectivity index (χ1v) is 11.0. The minimum Gasteiger partial charge on any atom is -0.396 e. The van der Waals surface area contributed by atoms with Crippen molar-refractivity contribution in [3.05, 3.63) is 41.2 Å². The number of aliphatic hydroxyl groups excluding tert-OH is 2. The van der Waals surface area contributed by atoms with Crippen LogP contribution >= 0.6 is 11.3 Å². The number of nitrogens with zero attached hydrogens (tertiary/aromatic N) is 3. The van der Waals surface area contributed by atoms with Gasteiger partial charge in [0.2, 0.25) is 10.0 Å². The molecule has 30 heavy (non-hydrogen) atoms. The highest BCUT2D eigenvalue weighted by Crippen LogP contribution is 2.18. The number of sulfonamides is 1. The second kappa shape index (κ2) is 11.1. The third-order valence-electron chi connectivity index (χ3n) is 3.71. The molecule has 0 aliphatic heterocycles. The van der Waals surface area contributed by atoms with E-state index in [0.717, 1.165) is 10.5 Å². The molecule has 0 unspecified atom stereocenters. The summed E-state index contributed by atoms with van der Waals surface area (Å²) in [5, 5.41) is 23.4. The van der Waals surface area contributed by atoms with Crippen molar-refractivity contribution in [1.29, 1.82) is 0 Å². The average Bonchev–Trinajstić information content (AvgIpc) is 3.12. The predicted octanol–water partition coefficient (Wildman–Crippen LogP) is 0.637. The molecular weight excluding hydrogens is 439 g/mol. The number of aliphatic hydroxyl groups is 2. The van der Waals surface area contributed by atoms with E-state index < -0.39 is 21.1 Å². The molecular formula is C17H21FN4O6S2. The smallest absolute Gasteiger partial charge is 0.280 e. The van der Waals surface area contributed by atoms with E-state index in [2.05, 4.69) is 15.5 Å². The Balaban J connectivity index is 2.28. The van der Waals surface area contributed by atoms with Gasteiger partial charge in [0.25, 0.3) is 5.91 Å². The average molecular weight is 461 g/mol. The summed E-state index contributed by atoms with van der Waals surface area (Å²) in [4.78, 5) is 21.3. The number of amides is 1. The van der Waals surface area contributed by atoms with Gasteiger partial charge in [0.1, 0.15) is 6.61 Å². The minimum absolute atomic E-state index is 0.0189. The van der Waals surface area contributed by atoms with Crippen LogP contribution in [0.2, 0.25) is 0 Å². The molecule has 10 nitrogen and oxygen atoms in total. The molecule has 1 aromatic heterocycles. The Morgan fingerprint density at radius 1 is 1.30 bits per heavy atom. The van der Waals surface area contributed by atoms with Gasteiger partial charge in [-0.2, -0.15) is 8.70 Å². The highest BCUT2D eigenvalue weighted by molar-refractivity contribution is 7.89. The number of thiazole rings is 1. The molecule has 1 heterocycles. The van der Waals surface area contributed by atoms with Crippen LogP contribution in [0.1, 0.15) is 12.0 Å². The number of likely N-dealkylation sites (N-methyl/N-ethyl adjacent to an activating group) is 1. The fourth-order valence-electron chi connectivity index (χ4n) is 2.16. The van der Waals surface area contributed by atoms with Crippen molar-refractivity contribution in [2.75, 3.05) is 38.7 Å². The maximum Gasteiger partial charge on any atom is 0.280 e. The van der Waals surface area contributed by atoms with Crippen LogP contribution in [0.3, 0.4) is 0 Å². The summed E-state index contributed by atoms with van der Waals surface area (Å²) in [5.41, 5.74) is 0.0634. The maximum absolute atomic E-state index is 13.1. The summed E-state index contributed by atoms with van der Waals surface area (Å²) in [5.74, 6) is -0.735. The van der Waals surface area contributed by atoms with Crippen molar-refractivity contribution in [3.8, 4) is 0 Å². The zero-order valence-electron chi connectivity index (χ0n) is 16.0. The van der Waals surface area contributed by atoms with Gasteiger partial charge in [-0.3, -0.25) is 10.1 Å². The van der Waals surface area contributed by atoms with E-state index in [1.807, 2.05) is 0 Å². The van der Waals surface area contributed by atoms with Crippen LogP contribution in [0.5, 0.6) is 0 Å². The number of halogens is 1. The first kappa shape index (κ1) is 23.8. The number of oxime groups is 1. The largest absolute Gasteiger partial charge is 0.396 e. The normalized spacial score (nSPS) is 12.2. The summed E-state index contributed by atoms with van der Waals surface area (Å²) in [7, 11) is -2.47. The number of aromatic nitrogens is 1. The van der Waals surface area contributed by atoms with Gasteiger partial charge in [-0.15, -0.1) is 0 Å². The lowest BCUT2D eigenvalue weighted by Gasteiger charge is -2.16. The molecule has 0 bridgehead atoms. The standard InChI is InChI=1S/C17H21FN4O6S2/c1-22(7-9-24)30(26,27)13-5-3-12(4-6-13)15(21-28-10-2-8-23)16(25)20-17-19-11-14(18)29-17/h3-6,11,23-24H,2,7-10H2,1H3,(H,19,20,25)/b21-15+. The minimum atomic E-state index is -3.81. The lowest BCUT2D eigenvalue weighted by molar-refractivity contribution is -0.110. The third-order valence-corrected chi connectivity index (χ3v) is 6.29. The predicted molar refractivity (Wildman–Crippen MR) is 108 cm³/mol. The van der Waals surface area contributed by atoms with E-state index in [9.17, 15) is 17.6 Å².